The van der Waals surface area contributed by atoms with Crippen LogP contribution in [0.15, 0.2) is 59.7 Å². The predicted octanol–water partition coefficient (Wildman–Crippen LogP) is 6.56. The van der Waals surface area contributed by atoms with Crippen LogP contribution in [0.3, 0.4) is 0 Å². The van der Waals surface area contributed by atoms with Crippen LogP contribution in [-0.4, -0.2) is 37.5 Å². The SMILES string of the molecule is CCCCC1(CC)CSc2cc(O/C=C/C(=O)O)c(N(C)C)cc2N(c2ccccc2)C1. The molecule has 0 bridgehead atoms. The van der Waals surface area contributed by atoms with Gasteiger partial charge in [-0.15, -0.1) is 11.8 Å². The van der Waals surface area contributed by atoms with E-state index in [2.05, 4.69) is 61.2 Å². The number of unbranched alkanes of at least 4 members (excludes halogenated alkanes) is 1. The summed E-state index contributed by atoms with van der Waals surface area (Å²) in [6.45, 7) is 5.54. The smallest absolute Gasteiger partial charge is 0.331 e. The molecule has 0 spiro atoms. The molecule has 5 nitrogen and oxygen atoms in total. The summed E-state index contributed by atoms with van der Waals surface area (Å²) in [6, 6.07) is 14.8. The largest absolute Gasteiger partial charge is 0.478 e. The normalized spacial score (nSPS) is 18.3. The molecule has 2 aromatic carbocycles. The number of para-hydroxylation sites is 1. The van der Waals surface area contributed by atoms with Crippen LogP contribution >= 0.6 is 11.8 Å². The van der Waals surface area contributed by atoms with Crippen molar-refractivity contribution in [3.05, 3.63) is 54.8 Å². The molecular formula is C26H34N2O3S. The third-order valence-electron chi connectivity index (χ3n) is 6.12. The highest BCUT2D eigenvalue weighted by molar-refractivity contribution is 7.99. The number of carboxylic acids is 1. The van der Waals surface area contributed by atoms with Crippen molar-refractivity contribution in [2.75, 3.05) is 36.2 Å². The first-order chi connectivity index (χ1) is 15.4. The topological polar surface area (TPSA) is 53.0 Å². The molecule has 1 atom stereocenters. The molecule has 0 amide bonds. The van der Waals surface area contributed by atoms with Crippen molar-refractivity contribution in [3.8, 4) is 5.75 Å². The molecule has 1 heterocycles. The Balaban J connectivity index is 2.11. The van der Waals surface area contributed by atoms with E-state index in [1.807, 2.05) is 30.8 Å². The van der Waals surface area contributed by atoms with Gasteiger partial charge < -0.3 is 19.6 Å². The van der Waals surface area contributed by atoms with Crippen molar-refractivity contribution in [2.45, 2.75) is 44.4 Å². The number of rotatable bonds is 9. The first-order valence-corrected chi connectivity index (χ1v) is 12.2. The van der Waals surface area contributed by atoms with Crippen molar-refractivity contribution in [1.82, 2.24) is 0 Å². The van der Waals surface area contributed by atoms with Crippen molar-refractivity contribution < 1.29 is 14.6 Å². The number of fused-ring (bicyclic) bond motifs is 1. The van der Waals surface area contributed by atoms with Crippen molar-refractivity contribution in [3.63, 3.8) is 0 Å². The number of aliphatic carboxylic acids is 1. The standard InChI is InChI=1S/C26H34N2O3S/c1-5-7-14-26(6-2)18-28(20-11-9-8-10-12-20)22-16-21(27(3)4)23(17-24(22)32-19-26)31-15-13-25(29)30/h8-13,15-17H,5-7,14,18-19H2,1-4H3,(H,29,30)/b15-13+. The van der Waals surface area contributed by atoms with Crippen LogP contribution in [0, 0.1) is 5.41 Å². The Morgan fingerprint density at radius 1 is 1.25 bits per heavy atom. The zero-order chi connectivity index (χ0) is 23.1. The van der Waals surface area contributed by atoms with E-state index < -0.39 is 5.97 Å². The Hall–Kier alpha value is -2.60. The monoisotopic (exact) mass is 454 g/mol. The summed E-state index contributed by atoms with van der Waals surface area (Å²) in [7, 11) is 3.95. The molecular weight excluding hydrogens is 420 g/mol. The van der Waals surface area contributed by atoms with Crippen molar-refractivity contribution in [1.29, 1.82) is 0 Å². The molecule has 0 saturated heterocycles. The number of benzene rings is 2. The van der Waals surface area contributed by atoms with Gasteiger partial charge in [0.05, 0.1) is 23.7 Å². The quantitative estimate of drug-likeness (QED) is 0.342. The van der Waals surface area contributed by atoms with Crippen molar-refractivity contribution in [2.24, 2.45) is 5.41 Å². The van der Waals surface area contributed by atoms with E-state index >= 15 is 0 Å². The molecule has 1 aliphatic heterocycles. The molecule has 0 radical (unpaired) electrons. The van der Waals surface area contributed by atoms with Gasteiger partial charge in [-0.1, -0.05) is 44.9 Å². The number of ether oxygens (including phenoxy) is 1. The Labute approximate surface area is 196 Å². The molecule has 172 valence electrons. The van der Waals surface area contributed by atoms with Gasteiger partial charge in [0.1, 0.15) is 0 Å². The zero-order valence-corrected chi connectivity index (χ0v) is 20.3. The molecule has 1 unspecified atom stereocenters. The molecule has 1 N–H and O–H groups in total. The van der Waals surface area contributed by atoms with Gasteiger partial charge in [0.25, 0.3) is 0 Å². The number of hydrogen-bond donors (Lipinski definition) is 1. The van der Waals surface area contributed by atoms with E-state index in [1.54, 1.807) is 0 Å². The van der Waals surface area contributed by atoms with Gasteiger partial charge in [-0.05, 0) is 42.5 Å². The predicted molar refractivity (Wildman–Crippen MR) is 135 cm³/mol. The lowest BCUT2D eigenvalue weighted by atomic mass is 9.81. The minimum atomic E-state index is -1.03. The average Bonchev–Trinajstić information content (AvgIpc) is 2.95. The highest BCUT2D eigenvalue weighted by atomic mass is 32.2. The second-order valence-electron chi connectivity index (χ2n) is 8.61. The van der Waals surface area contributed by atoms with Crippen LogP contribution < -0.4 is 14.5 Å². The highest BCUT2D eigenvalue weighted by Gasteiger charge is 2.35. The number of anilines is 3. The Morgan fingerprint density at radius 3 is 2.62 bits per heavy atom. The van der Waals surface area contributed by atoms with Crippen LogP contribution in [0.1, 0.15) is 39.5 Å². The van der Waals surface area contributed by atoms with Gasteiger partial charge >= 0.3 is 5.97 Å². The Morgan fingerprint density at radius 2 is 2.00 bits per heavy atom. The Kier molecular flexibility index (Phi) is 8.13. The number of nitrogens with zero attached hydrogens (tertiary/aromatic N) is 2. The minimum Gasteiger partial charge on any atom is -0.478 e. The molecule has 6 heteroatoms. The maximum atomic E-state index is 10.9. The summed E-state index contributed by atoms with van der Waals surface area (Å²) < 4.78 is 5.77. The highest BCUT2D eigenvalue weighted by Crippen LogP contribution is 2.49. The zero-order valence-electron chi connectivity index (χ0n) is 19.5. The van der Waals surface area contributed by atoms with Gasteiger partial charge in [0, 0.05) is 37.0 Å². The molecule has 1 aliphatic rings. The van der Waals surface area contributed by atoms with Gasteiger partial charge in [-0.3, -0.25) is 0 Å². The third-order valence-corrected chi connectivity index (χ3v) is 7.52. The summed E-state index contributed by atoms with van der Waals surface area (Å²) in [6.07, 6.45) is 7.01. The molecule has 0 aliphatic carbocycles. The van der Waals surface area contributed by atoms with Gasteiger partial charge in [0.2, 0.25) is 0 Å². The van der Waals surface area contributed by atoms with E-state index in [1.165, 1.54) is 36.9 Å². The second-order valence-corrected chi connectivity index (χ2v) is 9.63. The van der Waals surface area contributed by atoms with Crippen LogP contribution in [0.5, 0.6) is 5.75 Å². The first-order valence-electron chi connectivity index (χ1n) is 11.3. The molecule has 0 saturated carbocycles. The van der Waals surface area contributed by atoms with Crippen LogP contribution in [-0.2, 0) is 4.79 Å². The third kappa shape index (κ3) is 5.60. The fourth-order valence-corrected chi connectivity index (χ4v) is 5.51. The van der Waals surface area contributed by atoms with E-state index in [9.17, 15) is 4.79 Å². The minimum absolute atomic E-state index is 0.220. The maximum absolute atomic E-state index is 10.9. The molecule has 3 rings (SSSR count). The first kappa shape index (κ1) is 24.1. The van der Waals surface area contributed by atoms with Gasteiger partial charge in [-0.25, -0.2) is 4.79 Å². The number of carbonyl (C=O) groups is 1. The number of thioether (sulfide) groups is 1. The average molecular weight is 455 g/mol. The summed E-state index contributed by atoms with van der Waals surface area (Å²) in [5.74, 6) is 0.676. The lowest BCUT2D eigenvalue weighted by Crippen LogP contribution is -2.36. The van der Waals surface area contributed by atoms with E-state index in [0.717, 1.165) is 35.4 Å². The van der Waals surface area contributed by atoms with Gasteiger partial charge in [0.15, 0.2) is 5.75 Å². The van der Waals surface area contributed by atoms with E-state index in [-0.39, 0.29) is 5.41 Å². The van der Waals surface area contributed by atoms with Crippen LogP contribution in [0.25, 0.3) is 0 Å². The summed E-state index contributed by atoms with van der Waals surface area (Å²) in [5.41, 5.74) is 3.50. The van der Waals surface area contributed by atoms with E-state index in [0.29, 0.717) is 5.75 Å². The van der Waals surface area contributed by atoms with Crippen LogP contribution in [0.4, 0.5) is 17.1 Å². The summed E-state index contributed by atoms with van der Waals surface area (Å²) >= 11 is 1.88. The summed E-state index contributed by atoms with van der Waals surface area (Å²) in [5, 5.41) is 8.93. The fourth-order valence-electron chi connectivity index (χ4n) is 4.10. The number of carboxylic acid groups (broad SMARTS) is 1. The van der Waals surface area contributed by atoms with Crippen molar-refractivity contribution >= 4 is 34.8 Å². The van der Waals surface area contributed by atoms with E-state index in [4.69, 9.17) is 9.84 Å². The molecule has 32 heavy (non-hydrogen) atoms. The molecule has 0 aromatic heterocycles. The van der Waals surface area contributed by atoms with Gasteiger partial charge in [-0.2, -0.15) is 0 Å². The molecule has 0 fully saturated rings. The maximum Gasteiger partial charge on any atom is 0.331 e. The summed E-state index contributed by atoms with van der Waals surface area (Å²) in [4.78, 5) is 16.5. The Bertz CT molecular complexity index is 946. The second kappa shape index (κ2) is 10.8. The lowest BCUT2D eigenvalue weighted by molar-refractivity contribution is -0.131. The van der Waals surface area contributed by atoms with Crippen LogP contribution in [0.2, 0.25) is 0 Å². The molecule has 2 aromatic rings. The number of hydrogen-bond acceptors (Lipinski definition) is 5. The fraction of sp³-hybridized carbons (Fsp3) is 0.423. The lowest BCUT2D eigenvalue weighted by Gasteiger charge is -2.37.